The molecule has 0 aliphatic heterocycles. The Bertz CT molecular complexity index is 807. The van der Waals surface area contributed by atoms with Crippen LogP contribution in [0.25, 0.3) is 0 Å². The molecule has 2 aromatic rings. The molecule has 1 heterocycles. The number of ketones is 1. The van der Waals surface area contributed by atoms with Crippen molar-refractivity contribution in [1.82, 2.24) is 4.98 Å². The van der Waals surface area contributed by atoms with E-state index in [1.54, 1.807) is 6.07 Å². The molecule has 1 aliphatic carbocycles. The molecular weight excluding hydrogens is 343 g/mol. The average Bonchev–Trinajstić information content (AvgIpc) is 2.62. The zero-order valence-electron chi connectivity index (χ0n) is 14.8. The smallest absolute Gasteiger partial charge is 0.325 e. The van der Waals surface area contributed by atoms with Crippen molar-refractivity contribution in [2.24, 2.45) is 5.92 Å². The Hall–Kier alpha value is -2.37. The van der Waals surface area contributed by atoms with E-state index in [2.05, 4.69) is 4.98 Å². The standard InChI is InChI=1S/C18H16F3NO2.C2H6/c19-18(20,21)13-6-2-11(3-7-13)1-4-12-5-9-15-14(17(12)24)8-10-16(23)22-15;1-2/h2-3,6-8,10,12H,1,4-5,9H2,(H,22,23);1-2H3. The van der Waals surface area contributed by atoms with E-state index in [0.717, 1.165) is 17.7 Å². The summed E-state index contributed by atoms with van der Waals surface area (Å²) in [5.74, 6) is -0.162. The molecule has 1 aliphatic rings. The number of alkyl halides is 3. The summed E-state index contributed by atoms with van der Waals surface area (Å²) in [5.41, 5.74) is 1.13. The van der Waals surface area contributed by atoms with Gasteiger partial charge in [-0.15, -0.1) is 0 Å². The summed E-state index contributed by atoms with van der Waals surface area (Å²) < 4.78 is 37.6. The van der Waals surface area contributed by atoms with Gasteiger partial charge in [0.25, 0.3) is 0 Å². The molecular formula is C20H22F3NO2. The maximum absolute atomic E-state index is 12.5. The van der Waals surface area contributed by atoms with E-state index in [0.29, 0.717) is 36.9 Å². The second kappa shape index (κ2) is 8.34. The van der Waals surface area contributed by atoms with Crippen LogP contribution in [0, 0.1) is 5.92 Å². The van der Waals surface area contributed by atoms with Crippen LogP contribution in [0.3, 0.4) is 0 Å². The molecule has 140 valence electrons. The molecule has 0 bridgehead atoms. The monoisotopic (exact) mass is 365 g/mol. The molecule has 3 rings (SSSR count). The summed E-state index contributed by atoms with van der Waals surface area (Å²) in [4.78, 5) is 26.4. The van der Waals surface area contributed by atoms with E-state index >= 15 is 0 Å². The van der Waals surface area contributed by atoms with Crippen LogP contribution in [0.4, 0.5) is 13.2 Å². The predicted molar refractivity (Wildman–Crippen MR) is 94.3 cm³/mol. The maximum atomic E-state index is 12.5. The number of H-pyrrole nitrogens is 1. The molecule has 0 saturated carbocycles. The predicted octanol–water partition coefficient (Wildman–Crippen LogP) is 4.80. The van der Waals surface area contributed by atoms with E-state index in [-0.39, 0.29) is 17.3 Å². The molecule has 3 nitrogen and oxygen atoms in total. The third-order valence-electron chi connectivity index (χ3n) is 4.44. The van der Waals surface area contributed by atoms with Gasteiger partial charge in [-0.05, 0) is 49.4 Å². The number of rotatable bonds is 3. The van der Waals surface area contributed by atoms with Gasteiger partial charge < -0.3 is 4.98 Å². The van der Waals surface area contributed by atoms with Crippen LogP contribution < -0.4 is 5.56 Å². The van der Waals surface area contributed by atoms with Crippen molar-refractivity contribution in [1.29, 1.82) is 0 Å². The molecule has 6 heteroatoms. The van der Waals surface area contributed by atoms with Crippen LogP contribution in [0.5, 0.6) is 0 Å². The van der Waals surface area contributed by atoms with Gasteiger partial charge in [0.15, 0.2) is 5.78 Å². The van der Waals surface area contributed by atoms with Gasteiger partial charge in [0.05, 0.1) is 5.56 Å². The fourth-order valence-corrected chi connectivity index (χ4v) is 3.09. The summed E-state index contributed by atoms with van der Waals surface area (Å²) >= 11 is 0. The van der Waals surface area contributed by atoms with Crippen LogP contribution in [0.2, 0.25) is 0 Å². The number of pyridine rings is 1. The molecule has 0 amide bonds. The molecule has 0 spiro atoms. The van der Waals surface area contributed by atoms with E-state index in [4.69, 9.17) is 0 Å². The molecule has 1 unspecified atom stereocenters. The van der Waals surface area contributed by atoms with Gasteiger partial charge >= 0.3 is 6.18 Å². The number of aromatic amines is 1. The number of carbonyl (C=O) groups excluding carboxylic acids is 1. The van der Waals surface area contributed by atoms with Crippen LogP contribution in [0.15, 0.2) is 41.2 Å². The summed E-state index contributed by atoms with van der Waals surface area (Å²) in [6, 6.07) is 7.95. The van der Waals surface area contributed by atoms with Gasteiger partial charge in [0.1, 0.15) is 0 Å². The number of nitrogens with one attached hydrogen (secondary N) is 1. The van der Waals surface area contributed by atoms with Crippen LogP contribution in [0.1, 0.15) is 53.9 Å². The Morgan fingerprint density at radius 2 is 1.69 bits per heavy atom. The van der Waals surface area contributed by atoms with Crippen molar-refractivity contribution in [2.45, 2.75) is 45.7 Å². The highest BCUT2D eigenvalue weighted by molar-refractivity contribution is 5.99. The van der Waals surface area contributed by atoms with Crippen LogP contribution >= 0.6 is 0 Å². The van der Waals surface area contributed by atoms with Crippen molar-refractivity contribution in [3.05, 3.63) is 69.1 Å². The second-order valence-corrected chi connectivity index (χ2v) is 6.05. The summed E-state index contributed by atoms with van der Waals surface area (Å²) in [7, 11) is 0. The first-order valence-electron chi connectivity index (χ1n) is 8.77. The number of hydrogen-bond donors (Lipinski definition) is 1. The minimum absolute atomic E-state index is 0.000545. The van der Waals surface area contributed by atoms with Crippen molar-refractivity contribution in [3.63, 3.8) is 0 Å². The second-order valence-electron chi connectivity index (χ2n) is 6.05. The van der Waals surface area contributed by atoms with E-state index in [1.807, 2.05) is 13.8 Å². The number of fused-ring (bicyclic) bond motifs is 1. The lowest BCUT2D eigenvalue weighted by molar-refractivity contribution is -0.137. The fraction of sp³-hybridized carbons (Fsp3) is 0.400. The average molecular weight is 365 g/mol. The van der Waals surface area contributed by atoms with Crippen molar-refractivity contribution in [2.75, 3.05) is 0 Å². The summed E-state index contributed by atoms with van der Waals surface area (Å²) in [6.45, 7) is 4.00. The molecule has 0 radical (unpaired) electrons. The van der Waals surface area contributed by atoms with Gasteiger partial charge in [0.2, 0.25) is 5.56 Å². The van der Waals surface area contributed by atoms with E-state index in [9.17, 15) is 22.8 Å². The van der Waals surface area contributed by atoms with Crippen molar-refractivity contribution >= 4 is 5.78 Å². The van der Waals surface area contributed by atoms with Crippen molar-refractivity contribution < 1.29 is 18.0 Å². The van der Waals surface area contributed by atoms with Gasteiger partial charge in [0, 0.05) is 23.2 Å². The van der Waals surface area contributed by atoms with Crippen LogP contribution in [-0.2, 0) is 19.0 Å². The number of aryl methyl sites for hydroxylation is 2. The lowest BCUT2D eigenvalue weighted by Crippen LogP contribution is -2.26. The molecule has 26 heavy (non-hydrogen) atoms. The van der Waals surface area contributed by atoms with Gasteiger partial charge in [-0.1, -0.05) is 26.0 Å². The Morgan fingerprint density at radius 3 is 2.31 bits per heavy atom. The molecule has 1 N–H and O–H groups in total. The third kappa shape index (κ3) is 4.62. The number of halogens is 3. The third-order valence-corrected chi connectivity index (χ3v) is 4.44. The Morgan fingerprint density at radius 1 is 1.04 bits per heavy atom. The first kappa shape index (κ1) is 19.9. The highest BCUT2D eigenvalue weighted by Gasteiger charge is 2.30. The molecule has 1 atom stereocenters. The number of Topliss-reactive ketones (excluding diaryl/α,β-unsaturated/α-hetero) is 1. The molecule has 1 aromatic carbocycles. The zero-order chi connectivity index (χ0) is 19.3. The summed E-state index contributed by atoms with van der Waals surface area (Å²) in [5, 5.41) is 0. The summed E-state index contributed by atoms with van der Waals surface area (Å²) in [6.07, 6.45) is -1.92. The Labute approximate surface area is 150 Å². The number of benzene rings is 1. The zero-order valence-corrected chi connectivity index (χ0v) is 14.8. The van der Waals surface area contributed by atoms with Gasteiger partial charge in [-0.2, -0.15) is 13.2 Å². The van der Waals surface area contributed by atoms with Gasteiger partial charge in [-0.3, -0.25) is 9.59 Å². The number of hydrogen-bond acceptors (Lipinski definition) is 2. The fourth-order valence-electron chi connectivity index (χ4n) is 3.09. The Kier molecular flexibility index (Phi) is 6.40. The molecule has 0 fully saturated rings. The highest BCUT2D eigenvalue weighted by atomic mass is 19.4. The number of carbonyl (C=O) groups is 1. The normalized spacial score (nSPS) is 16.5. The quantitative estimate of drug-likeness (QED) is 0.850. The van der Waals surface area contributed by atoms with E-state index in [1.165, 1.54) is 18.2 Å². The van der Waals surface area contributed by atoms with Crippen LogP contribution in [-0.4, -0.2) is 10.8 Å². The SMILES string of the molecule is CC.O=C1c2ccc(=O)[nH]c2CCC1CCc1ccc(C(F)(F)F)cc1. The van der Waals surface area contributed by atoms with Crippen molar-refractivity contribution in [3.8, 4) is 0 Å². The van der Waals surface area contributed by atoms with E-state index < -0.39 is 11.7 Å². The lowest BCUT2D eigenvalue weighted by atomic mass is 9.82. The largest absolute Gasteiger partial charge is 0.416 e. The lowest BCUT2D eigenvalue weighted by Gasteiger charge is -2.22. The highest BCUT2D eigenvalue weighted by Crippen LogP contribution is 2.30. The first-order valence-corrected chi connectivity index (χ1v) is 8.77. The topological polar surface area (TPSA) is 49.9 Å². The minimum atomic E-state index is -4.33. The number of aromatic nitrogens is 1. The molecule has 0 saturated heterocycles. The minimum Gasteiger partial charge on any atom is -0.325 e. The molecule has 1 aromatic heterocycles. The maximum Gasteiger partial charge on any atom is 0.416 e. The first-order chi connectivity index (χ1) is 12.3. The Balaban J connectivity index is 0.00000117. The van der Waals surface area contributed by atoms with Gasteiger partial charge in [-0.25, -0.2) is 0 Å².